The minimum atomic E-state index is -0.420. The van der Waals surface area contributed by atoms with Crippen molar-refractivity contribution in [2.75, 3.05) is 28.3 Å². The van der Waals surface area contributed by atoms with E-state index in [2.05, 4.69) is 15.9 Å². The molecule has 0 aliphatic carbocycles. The molecule has 0 saturated carbocycles. The summed E-state index contributed by atoms with van der Waals surface area (Å²) < 4.78 is 10.6. The Kier molecular flexibility index (Phi) is 17.9. The third-order valence-corrected chi connectivity index (χ3v) is 7.92. The number of methoxy groups -OCH3 is 2. The van der Waals surface area contributed by atoms with Gasteiger partial charge in [0.1, 0.15) is 0 Å². The van der Waals surface area contributed by atoms with Gasteiger partial charge < -0.3 is 31.5 Å². The zero-order valence-corrected chi connectivity index (χ0v) is 26.3. The van der Waals surface area contributed by atoms with Crippen LogP contribution >= 0.6 is 39.5 Å². The van der Waals surface area contributed by atoms with Gasteiger partial charge in [0, 0.05) is 24.6 Å². The van der Waals surface area contributed by atoms with Gasteiger partial charge in [0.2, 0.25) is 0 Å². The van der Waals surface area contributed by atoms with Gasteiger partial charge in [-0.25, -0.2) is 0 Å². The number of amides is 4. The molecule has 0 unspecified atom stereocenters. The number of phenols is 2. The number of rotatable bonds is 4. The first-order valence-corrected chi connectivity index (χ1v) is 13.4. The van der Waals surface area contributed by atoms with Crippen molar-refractivity contribution in [3.63, 3.8) is 0 Å². The van der Waals surface area contributed by atoms with Crippen molar-refractivity contribution < 1.29 is 55.9 Å². The normalized spacial score (nSPS) is 15.1. The van der Waals surface area contributed by atoms with Crippen LogP contribution in [0, 0.1) is 23.2 Å². The van der Waals surface area contributed by atoms with E-state index in [1.807, 2.05) is 6.07 Å². The molecule has 0 bridgehead atoms. The maximum absolute atomic E-state index is 11.8. The van der Waals surface area contributed by atoms with Gasteiger partial charge in [-0.1, -0.05) is 30.8 Å². The molecule has 4 rings (SSSR count). The van der Waals surface area contributed by atoms with Crippen LogP contribution in [-0.2, 0) is 26.7 Å². The van der Waals surface area contributed by atoms with Crippen molar-refractivity contribution >= 4 is 73.9 Å². The van der Waals surface area contributed by atoms with Crippen LogP contribution in [0.15, 0.2) is 38.5 Å². The molecule has 4 amide bonds. The molecule has 2 N–H and O–H groups in total. The standard InChI is InChI=1S/C13H10N2O4S.C12H10BrNO4S.CN.2CH4.Cu/c1-15-12(17)11(20-13(15)18)5-7-4-10(19-2)9(16)3-8(7)6-14;1-14-11(16)10(19-12(14)17)4-6-3-9(18-2)8(15)5-7(6)13;1-2;;;/h3-5,16H,1-2H3;3-5,15H,1-2H3;;2*1H4;/q;;-1;;;+1/b11-5-;10-4-;;;;. The van der Waals surface area contributed by atoms with Gasteiger partial charge >= 0.3 is 17.1 Å². The molecule has 2 aromatic rings. The van der Waals surface area contributed by atoms with Gasteiger partial charge in [-0.05, 0) is 65.0 Å². The van der Waals surface area contributed by atoms with E-state index >= 15 is 0 Å². The Bertz CT molecular complexity index is 1560. The summed E-state index contributed by atoms with van der Waals surface area (Å²) in [5, 5.41) is 33.8. The van der Waals surface area contributed by atoms with E-state index < -0.39 is 5.91 Å². The Labute approximate surface area is 282 Å². The molecule has 0 atom stereocenters. The quantitative estimate of drug-likeness (QED) is 0.207. The SMILES string of the molecule is C.C.COc1cc(/C=C2\SC(=O)N(C)C2=O)c(Br)cc1O.COc1cc(/C=C2\SC(=O)N(C)C2=O)c(C#N)cc1O.[C-]#N.[Cu+]. The van der Waals surface area contributed by atoms with Crippen LogP contribution in [0.3, 0.4) is 0 Å². The molecule has 0 radical (unpaired) electrons. The van der Waals surface area contributed by atoms with Gasteiger partial charge in [-0.15, -0.1) is 0 Å². The maximum atomic E-state index is 11.8. The number of phenolic OH excluding ortho intramolecular Hbond substituents is 2. The summed E-state index contributed by atoms with van der Waals surface area (Å²) in [7, 11) is 5.64. The molecule has 2 saturated heterocycles. The molecule has 44 heavy (non-hydrogen) atoms. The number of benzene rings is 2. The van der Waals surface area contributed by atoms with Crippen molar-refractivity contribution in [1.29, 1.82) is 10.5 Å². The molecule has 2 fully saturated rings. The van der Waals surface area contributed by atoms with E-state index in [-0.39, 0.29) is 76.0 Å². The van der Waals surface area contributed by atoms with Crippen LogP contribution in [0.25, 0.3) is 12.2 Å². The fourth-order valence-electron chi connectivity index (χ4n) is 3.17. The minimum Gasteiger partial charge on any atom is -0.512 e. The minimum absolute atomic E-state index is 0. The van der Waals surface area contributed by atoms with Crippen LogP contribution in [0.2, 0.25) is 0 Å². The topological polar surface area (TPSA) is 181 Å². The van der Waals surface area contributed by atoms with Gasteiger partial charge in [0.05, 0.1) is 35.7 Å². The summed E-state index contributed by atoms with van der Waals surface area (Å²) in [6, 6.07) is 7.67. The number of carbonyl (C=O) groups is 4. The number of hydrogen-bond donors (Lipinski definition) is 2. The smallest absolute Gasteiger partial charge is 0.512 e. The van der Waals surface area contributed by atoms with E-state index in [4.69, 9.17) is 26.6 Å². The van der Waals surface area contributed by atoms with Crippen molar-refractivity contribution in [1.82, 2.24) is 9.80 Å². The number of imide groups is 2. The Hall–Kier alpha value is -3.92. The van der Waals surface area contributed by atoms with Gasteiger partial charge in [-0.3, -0.25) is 29.0 Å². The van der Waals surface area contributed by atoms with E-state index in [0.29, 0.717) is 26.3 Å². The average molecular weight is 756 g/mol. The molecule has 0 spiro atoms. The van der Waals surface area contributed by atoms with Crippen LogP contribution < -0.4 is 9.47 Å². The molecule has 16 heteroatoms. The molecular formula is C28H28BrCuN4O8S2. The van der Waals surface area contributed by atoms with Crippen LogP contribution in [0.1, 0.15) is 31.5 Å². The summed E-state index contributed by atoms with van der Waals surface area (Å²) >= 11 is 4.97. The van der Waals surface area contributed by atoms with E-state index in [9.17, 15) is 29.4 Å². The summed E-state index contributed by atoms with van der Waals surface area (Å²) in [6.45, 7) is 4.75. The summed E-state index contributed by atoms with van der Waals surface area (Å²) in [5.74, 6) is -0.444. The molecular weight excluding hydrogens is 728 g/mol. The molecule has 12 nitrogen and oxygen atoms in total. The number of nitriles is 1. The number of thioether (sulfide) groups is 2. The van der Waals surface area contributed by atoms with Gasteiger partial charge in [-0.2, -0.15) is 5.26 Å². The largest absolute Gasteiger partial charge is 1.00 e. The number of likely N-dealkylation sites (N-methyl/N-ethyl adjacent to an activating group) is 2. The van der Waals surface area contributed by atoms with Crippen LogP contribution in [-0.4, -0.2) is 70.6 Å². The van der Waals surface area contributed by atoms with E-state index in [0.717, 1.165) is 33.3 Å². The summed E-state index contributed by atoms with van der Waals surface area (Å²) in [5.41, 5.74) is 1.24. The second kappa shape index (κ2) is 18.7. The number of halogens is 1. The monoisotopic (exact) mass is 754 g/mol. The van der Waals surface area contributed by atoms with Crippen LogP contribution in [0.4, 0.5) is 9.59 Å². The second-order valence-corrected chi connectivity index (χ2v) is 10.6. The third-order valence-electron chi connectivity index (χ3n) is 5.32. The average Bonchev–Trinajstić information content (AvgIpc) is 3.35. The molecule has 2 heterocycles. The number of ether oxygens (including phenoxy) is 2. The molecule has 2 aliphatic heterocycles. The van der Waals surface area contributed by atoms with Crippen molar-refractivity contribution in [3.05, 3.63) is 61.8 Å². The number of nitrogens with zero attached hydrogens (tertiary/aromatic N) is 4. The number of carbonyl (C=O) groups excluding carboxylic acids is 4. The fraction of sp³-hybridized carbons (Fsp3) is 0.214. The Morgan fingerprint density at radius 3 is 1.57 bits per heavy atom. The Morgan fingerprint density at radius 2 is 1.20 bits per heavy atom. The zero-order valence-electron chi connectivity index (χ0n) is 22.1. The van der Waals surface area contributed by atoms with Gasteiger partial charge in [0.15, 0.2) is 23.0 Å². The number of hydrogen-bond acceptors (Lipinski definition) is 12. The van der Waals surface area contributed by atoms with Crippen molar-refractivity contribution in [2.45, 2.75) is 14.9 Å². The number of aromatic hydroxyl groups is 2. The van der Waals surface area contributed by atoms with Crippen molar-refractivity contribution in [2.24, 2.45) is 0 Å². The molecule has 2 aromatic carbocycles. The third kappa shape index (κ3) is 9.54. The predicted molar refractivity (Wildman–Crippen MR) is 168 cm³/mol. The Morgan fingerprint density at radius 1 is 0.818 bits per heavy atom. The molecule has 0 aromatic heterocycles. The predicted octanol–water partition coefficient (Wildman–Crippen LogP) is 6.13. The summed E-state index contributed by atoms with van der Waals surface area (Å²) in [4.78, 5) is 49.0. The second-order valence-electron chi connectivity index (χ2n) is 7.75. The van der Waals surface area contributed by atoms with E-state index in [1.165, 1.54) is 52.6 Å². The first kappa shape index (κ1) is 42.2. The van der Waals surface area contributed by atoms with Gasteiger partial charge in [0.25, 0.3) is 22.3 Å². The molecule has 238 valence electrons. The van der Waals surface area contributed by atoms with E-state index in [1.54, 1.807) is 12.1 Å². The first-order chi connectivity index (χ1) is 19.4. The Balaban J connectivity index is 0. The maximum Gasteiger partial charge on any atom is 1.00 e. The first-order valence-electron chi connectivity index (χ1n) is 10.9. The molecule has 2 aliphatic rings. The van der Waals surface area contributed by atoms with Crippen molar-refractivity contribution in [3.8, 4) is 29.1 Å². The summed E-state index contributed by atoms with van der Waals surface area (Å²) in [6.07, 6.45) is 3.02. The van der Waals surface area contributed by atoms with Crippen LogP contribution in [0.5, 0.6) is 23.0 Å². The zero-order chi connectivity index (χ0) is 31.0. The fourth-order valence-corrected chi connectivity index (χ4v) is 5.25.